The van der Waals surface area contributed by atoms with Crippen LogP contribution in [0.3, 0.4) is 0 Å². The summed E-state index contributed by atoms with van der Waals surface area (Å²) in [5.41, 5.74) is 5.75. The SMILES string of the molecule is O=C(/C=C/c1ccc(C(=O)N/N=C/c2ccoc2)cc1)NO. The Bertz CT molecular complexity index is 688. The summed E-state index contributed by atoms with van der Waals surface area (Å²) >= 11 is 0. The van der Waals surface area contributed by atoms with Crippen molar-refractivity contribution in [2.24, 2.45) is 5.10 Å². The summed E-state index contributed by atoms with van der Waals surface area (Å²) < 4.78 is 4.86. The smallest absolute Gasteiger partial charge is 0.271 e. The number of hydroxylamine groups is 1. The molecule has 112 valence electrons. The molecule has 0 saturated carbocycles. The number of hydrogen-bond donors (Lipinski definition) is 3. The summed E-state index contributed by atoms with van der Waals surface area (Å²) in [7, 11) is 0. The first kappa shape index (κ1) is 15.2. The minimum Gasteiger partial charge on any atom is -0.472 e. The molecule has 0 spiro atoms. The molecular formula is C15H13N3O4. The molecule has 0 aliphatic carbocycles. The van der Waals surface area contributed by atoms with Crippen LogP contribution in [0.2, 0.25) is 0 Å². The van der Waals surface area contributed by atoms with Crippen LogP contribution >= 0.6 is 0 Å². The fourth-order valence-corrected chi connectivity index (χ4v) is 1.53. The van der Waals surface area contributed by atoms with E-state index in [1.54, 1.807) is 30.3 Å². The summed E-state index contributed by atoms with van der Waals surface area (Å²) in [6.07, 6.45) is 7.15. The van der Waals surface area contributed by atoms with Gasteiger partial charge in [-0.2, -0.15) is 5.10 Å². The average molecular weight is 299 g/mol. The van der Waals surface area contributed by atoms with Gasteiger partial charge in [-0.3, -0.25) is 14.8 Å². The highest BCUT2D eigenvalue weighted by Gasteiger charge is 2.03. The van der Waals surface area contributed by atoms with E-state index in [1.807, 2.05) is 0 Å². The topological polar surface area (TPSA) is 104 Å². The van der Waals surface area contributed by atoms with E-state index in [4.69, 9.17) is 9.62 Å². The molecule has 0 unspecified atom stereocenters. The Morgan fingerprint density at radius 3 is 2.55 bits per heavy atom. The van der Waals surface area contributed by atoms with Crippen LogP contribution in [0.4, 0.5) is 0 Å². The van der Waals surface area contributed by atoms with Crippen molar-refractivity contribution in [1.82, 2.24) is 10.9 Å². The van der Waals surface area contributed by atoms with Crippen molar-refractivity contribution >= 4 is 24.1 Å². The van der Waals surface area contributed by atoms with Crippen LogP contribution in [0.5, 0.6) is 0 Å². The quantitative estimate of drug-likeness (QED) is 0.337. The molecule has 0 bridgehead atoms. The van der Waals surface area contributed by atoms with Crippen molar-refractivity contribution in [2.45, 2.75) is 0 Å². The molecule has 7 heteroatoms. The van der Waals surface area contributed by atoms with Crippen molar-refractivity contribution < 1.29 is 19.2 Å². The fraction of sp³-hybridized carbons (Fsp3) is 0. The Kier molecular flexibility index (Phi) is 5.22. The minimum absolute atomic E-state index is 0.358. The molecule has 0 fully saturated rings. The lowest BCUT2D eigenvalue weighted by atomic mass is 10.1. The predicted octanol–water partition coefficient (Wildman–Crippen LogP) is 1.56. The summed E-state index contributed by atoms with van der Waals surface area (Å²) in [5.74, 6) is -0.987. The van der Waals surface area contributed by atoms with Crippen molar-refractivity contribution in [3.63, 3.8) is 0 Å². The fourth-order valence-electron chi connectivity index (χ4n) is 1.53. The zero-order valence-electron chi connectivity index (χ0n) is 11.4. The lowest BCUT2D eigenvalue weighted by molar-refractivity contribution is -0.124. The molecule has 0 atom stereocenters. The van der Waals surface area contributed by atoms with Gasteiger partial charge in [0, 0.05) is 17.2 Å². The van der Waals surface area contributed by atoms with Crippen LogP contribution in [-0.4, -0.2) is 23.2 Å². The van der Waals surface area contributed by atoms with Crippen LogP contribution in [0.25, 0.3) is 6.08 Å². The number of furan rings is 1. The van der Waals surface area contributed by atoms with Crippen LogP contribution in [0.1, 0.15) is 21.5 Å². The predicted molar refractivity (Wildman–Crippen MR) is 79.2 cm³/mol. The zero-order chi connectivity index (χ0) is 15.8. The molecule has 2 amide bonds. The first-order valence-corrected chi connectivity index (χ1v) is 6.27. The maximum atomic E-state index is 11.8. The van der Waals surface area contributed by atoms with Gasteiger partial charge in [0.1, 0.15) is 0 Å². The van der Waals surface area contributed by atoms with Gasteiger partial charge in [0.2, 0.25) is 0 Å². The van der Waals surface area contributed by atoms with Gasteiger partial charge in [-0.15, -0.1) is 0 Å². The van der Waals surface area contributed by atoms with E-state index in [0.717, 1.165) is 5.56 Å². The summed E-state index contributed by atoms with van der Waals surface area (Å²) in [6, 6.07) is 8.23. The van der Waals surface area contributed by atoms with Gasteiger partial charge < -0.3 is 4.42 Å². The highest BCUT2D eigenvalue weighted by Crippen LogP contribution is 2.06. The summed E-state index contributed by atoms with van der Waals surface area (Å²) in [6.45, 7) is 0. The van der Waals surface area contributed by atoms with Crippen molar-refractivity contribution in [1.29, 1.82) is 0 Å². The van der Waals surface area contributed by atoms with Gasteiger partial charge in [0.15, 0.2) is 0 Å². The van der Waals surface area contributed by atoms with Crippen LogP contribution in [0, 0.1) is 0 Å². The minimum atomic E-state index is -0.629. The highest BCUT2D eigenvalue weighted by molar-refractivity contribution is 5.95. The van der Waals surface area contributed by atoms with Gasteiger partial charge in [-0.25, -0.2) is 10.9 Å². The summed E-state index contributed by atoms with van der Waals surface area (Å²) in [4.78, 5) is 22.7. The van der Waals surface area contributed by atoms with Gasteiger partial charge in [-0.05, 0) is 29.8 Å². The molecule has 7 nitrogen and oxygen atoms in total. The van der Waals surface area contributed by atoms with Gasteiger partial charge in [0.25, 0.3) is 11.8 Å². The number of benzene rings is 1. The second kappa shape index (κ2) is 7.55. The van der Waals surface area contributed by atoms with Crippen LogP contribution < -0.4 is 10.9 Å². The molecule has 0 saturated heterocycles. The van der Waals surface area contributed by atoms with Gasteiger partial charge in [-0.1, -0.05) is 12.1 Å². The second-order valence-electron chi connectivity index (χ2n) is 4.19. The third kappa shape index (κ3) is 4.43. The first-order chi connectivity index (χ1) is 10.7. The molecule has 0 aliphatic heterocycles. The highest BCUT2D eigenvalue weighted by atomic mass is 16.5. The van der Waals surface area contributed by atoms with E-state index in [-0.39, 0.29) is 5.91 Å². The Hall–Kier alpha value is -3.19. The van der Waals surface area contributed by atoms with E-state index in [9.17, 15) is 9.59 Å². The Balaban J connectivity index is 1.93. The van der Waals surface area contributed by atoms with E-state index in [1.165, 1.54) is 36.4 Å². The van der Waals surface area contributed by atoms with Crippen molar-refractivity contribution in [2.75, 3.05) is 0 Å². The number of nitrogens with one attached hydrogen (secondary N) is 2. The molecule has 0 aliphatic rings. The number of amides is 2. The number of carbonyl (C=O) groups excluding carboxylic acids is 2. The molecule has 22 heavy (non-hydrogen) atoms. The Morgan fingerprint density at radius 1 is 1.14 bits per heavy atom. The van der Waals surface area contributed by atoms with Gasteiger partial charge >= 0.3 is 0 Å². The molecule has 2 rings (SSSR count). The molecule has 1 aromatic carbocycles. The number of rotatable bonds is 5. The lowest BCUT2D eigenvalue weighted by Crippen LogP contribution is -2.17. The first-order valence-electron chi connectivity index (χ1n) is 6.27. The number of hydrazone groups is 1. The summed E-state index contributed by atoms with van der Waals surface area (Å²) in [5, 5.41) is 12.2. The standard InChI is InChI=1S/C15H13N3O4/c19-14(18-21)6-3-11-1-4-13(5-2-11)15(20)17-16-9-12-7-8-22-10-12/h1-10,21H,(H,17,20)(H,18,19)/b6-3+,16-9+. The monoisotopic (exact) mass is 299 g/mol. The largest absolute Gasteiger partial charge is 0.472 e. The van der Waals surface area contributed by atoms with E-state index in [2.05, 4.69) is 10.5 Å². The number of carbonyl (C=O) groups is 2. The lowest BCUT2D eigenvalue weighted by Gasteiger charge is -2.00. The third-order valence-corrected chi connectivity index (χ3v) is 2.63. The molecule has 0 radical (unpaired) electrons. The number of nitrogens with zero attached hydrogens (tertiary/aromatic N) is 1. The van der Waals surface area contributed by atoms with E-state index < -0.39 is 5.91 Å². The number of hydrogen-bond acceptors (Lipinski definition) is 5. The van der Waals surface area contributed by atoms with Crippen molar-refractivity contribution in [3.8, 4) is 0 Å². The maximum absolute atomic E-state index is 11.8. The molecular weight excluding hydrogens is 286 g/mol. The third-order valence-electron chi connectivity index (χ3n) is 2.63. The Labute approximate surface area is 125 Å². The van der Waals surface area contributed by atoms with Crippen LogP contribution in [0.15, 0.2) is 58.5 Å². The molecule has 1 heterocycles. The van der Waals surface area contributed by atoms with Crippen molar-refractivity contribution in [3.05, 3.63) is 65.6 Å². The van der Waals surface area contributed by atoms with E-state index >= 15 is 0 Å². The van der Waals surface area contributed by atoms with E-state index in [0.29, 0.717) is 11.1 Å². The average Bonchev–Trinajstić information content (AvgIpc) is 3.06. The van der Waals surface area contributed by atoms with Crippen LogP contribution in [-0.2, 0) is 4.79 Å². The molecule has 3 N–H and O–H groups in total. The normalized spacial score (nSPS) is 11.0. The zero-order valence-corrected chi connectivity index (χ0v) is 11.4. The molecule has 2 aromatic rings. The molecule has 1 aromatic heterocycles. The second-order valence-corrected chi connectivity index (χ2v) is 4.19. The van der Waals surface area contributed by atoms with Gasteiger partial charge in [0.05, 0.1) is 18.7 Å². The maximum Gasteiger partial charge on any atom is 0.271 e. The Morgan fingerprint density at radius 2 is 1.91 bits per heavy atom.